The molecule has 30 heavy (non-hydrogen) atoms. The average Bonchev–Trinajstić information content (AvgIpc) is 2.92. The molecule has 2 aromatic carbocycles. The van der Waals surface area contributed by atoms with Crippen molar-refractivity contribution in [3.63, 3.8) is 0 Å². The lowest BCUT2D eigenvalue weighted by Gasteiger charge is -2.29. The first kappa shape index (κ1) is 22.4. The second-order valence-electron chi connectivity index (χ2n) is 10.2. The van der Waals surface area contributed by atoms with E-state index in [0.717, 1.165) is 17.5 Å². The molecule has 3 heteroatoms. The molecule has 1 aliphatic rings. The first-order valence-corrected chi connectivity index (χ1v) is 10.9. The maximum Gasteiger partial charge on any atom is 0.194 e. The van der Waals surface area contributed by atoms with Crippen LogP contribution in [0.2, 0.25) is 0 Å². The molecule has 0 fully saturated rings. The predicted molar refractivity (Wildman–Crippen MR) is 121 cm³/mol. The molecule has 0 aromatic heterocycles. The summed E-state index contributed by atoms with van der Waals surface area (Å²) < 4.78 is 0. The minimum absolute atomic E-state index is 0.0237. The summed E-state index contributed by atoms with van der Waals surface area (Å²) >= 11 is 0. The maximum atomic E-state index is 12.6. The molecule has 1 N–H and O–H groups in total. The van der Waals surface area contributed by atoms with Gasteiger partial charge < -0.3 is 5.11 Å². The van der Waals surface area contributed by atoms with Gasteiger partial charge in [0.15, 0.2) is 11.6 Å². The van der Waals surface area contributed by atoms with Gasteiger partial charge in [-0.15, -0.1) is 0 Å². The van der Waals surface area contributed by atoms with E-state index in [2.05, 4.69) is 32.9 Å². The van der Waals surface area contributed by atoms with Crippen molar-refractivity contribution < 1.29 is 14.7 Å². The molecular weight excluding hydrogens is 372 g/mol. The van der Waals surface area contributed by atoms with Crippen LogP contribution in [-0.4, -0.2) is 22.3 Å². The molecule has 0 heterocycles. The van der Waals surface area contributed by atoms with E-state index in [1.54, 1.807) is 6.92 Å². The lowest BCUT2D eigenvalue weighted by Crippen LogP contribution is -2.34. The number of ketones is 2. The Labute approximate surface area is 180 Å². The van der Waals surface area contributed by atoms with Gasteiger partial charge in [0.2, 0.25) is 0 Å². The highest BCUT2D eigenvalue weighted by Crippen LogP contribution is 2.53. The highest BCUT2D eigenvalue weighted by Gasteiger charge is 2.46. The van der Waals surface area contributed by atoms with Crippen LogP contribution in [-0.2, 0) is 10.8 Å². The molecule has 0 bridgehead atoms. The molecule has 0 saturated heterocycles. The van der Waals surface area contributed by atoms with Crippen molar-refractivity contribution in [1.82, 2.24) is 0 Å². The number of aliphatic hydroxyl groups is 1. The molecule has 2 aromatic rings. The molecule has 0 aliphatic heterocycles. The summed E-state index contributed by atoms with van der Waals surface area (Å²) in [4.78, 5) is 25.1. The van der Waals surface area contributed by atoms with Crippen LogP contribution in [0.25, 0.3) is 0 Å². The first-order valence-electron chi connectivity index (χ1n) is 10.9. The lowest BCUT2D eigenvalue weighted by molar-refractivity contribution is 0.0390. The van der Waals surface area contributed by atoms with Crippen LogP contribution in [0.5, 0.6) is 0 Å². The molecule has 2 unspecified atom stereocenters. The Morgan fingerprint density at radius 1 is 1.00 bits per heavy atom. The quantitative estimate of drug-likeness (QED) is 0.612. The highest BCUT2D eigenvalue weighted by molar-refractivity contribution is 6.02. The van der Waals surface area contributed by atoms with Crippen molar-refractivity contribution in [3.8, 4) is 0 Å². The SMILES string of the molecule is CCC(C)(O)C(=O)c1ccc(C2(C)CC(C)(C)c3cc(C(=O)C(C)C)ccc32)cc1. The maximum absolute atomic E-state index is 12.6. The zero-order valence-electron chi connectivity index (χ0n) is 19.3. The largest absolute Gasteiger partial charge is 0.382 e. The van der Waals surface area contributed by atoms with Gasteiger partial charge in [-0.1, -0.05) is 77.9 Å². The van der Waals surface area contributed by atoms with Crippen LogP contribution < -0.4 is 0 Å². The van der Waals surface area contributed by atoms with Crippen molar-refractivity contribution in [2.75, 3.05) is 0 Å². The standard InChI is InChI=1S/C27H34O3/c1-8-27(7,30)24(29)18-9-12-20(13-10-18)26(6)16-25(4,5)22-15-19(11-14-21(22)26)23(28)17(2)3/h9-15,17,30H,8,16H2,1-7H3. The van der Waals surface area contributed by atoms with Gasteiger partial charge in [0, 0.05) is 22.5 Å². The topological polar surface area (TPSA) is 54.4 Å². The van der Waals surface area contributed by atoms with Gasteiger partial charge in [-0.05, 0) is 47.9 Å². The van der Waals surface area contributed by atoms with Gasteiger partial charge in [-0.25, -0.2) is 0 Å². The molecule has 2 atom stereocenters. The number of Topliss-reactive ketones (excluding diaryl/α,β-unsaturated/α-hetero) is 2. The van der Waals surface area contributed by atoms with Crippen LogP contribution >= 0.6 is 0 Å². The number of rotatable bonds is 6. The van der Waals surface area contributed by atoms with E-state index < -0.39 is 5.60 Å². The molecule has 0 saturated carbocycles. The molecule has 0 spiro atoms. The zero-order valence-corrected chi connectivity index (χ0v) is 19.3. The number of hydrogen-bond donors (Lipinski definition) is 1. The summed E-state index contributed by atoms with van der Waals surface area (Å²) in [5, 5.41) is 10.3. The minimum Gasteiger partial charge on any atom is -0.382 e. The third-order valence-electron chi connectivity index (χ3n) is 6.91. The number of benzene rings is 2. The van der Waals surface area contributed by atoms with Gasteiger partial charge in [0.05, 0.1) is 0 Å². The van der Waals surface area contributed by atoms with Crippen LogP contribution in [0.1, 0.15) is 98.7 Å². The number of hydrogen-bond acceptors (Lipinski definition) is 3. The van der Waals surface area contributed by atoms with Gasteiger partial charge in [0.25, 0.3) is 0 Å². The number of carbonyl (C=O) groups is 2. The van der Waals surface area contributed by atoms with Gasteiger partial charge in [-0.2, -0.15) is 0 Å². The second-order valence-corrected chi connectivity index (χ2v) is 10.2. The fourth-order valence-corrected chi connectivity index (χ4v) is 4.86. The molecule has 160 valence electrons. The van der Waals surface area contributed by atoms with Gasteiger partial charge in [-0.3, -0.25) is 9.59 Å². The van der Waals surface area contributed by atoms with Crippen molar-refractivity contribution in [3.05, 3.63) is 70.3 Å². The Bertz CT molecular complexity index is 980. The Hall–Kier alpha value is -2.26. The summed E-state index contributed by atoms with van der Waals surface area (Å²) in [6.07, 6.45) is 1.30. The van der Waals surface area contributed by atoms with Crippen LogP contribution in [0.15, 0.2) is 42.5 Å². The van der Waals surface area contributed by atoms with E-state index in [1.807, 2.05) is 51.1 Å². The fourth-order valence-electron chi connectivity index (χ4n) is 4.86. The van der Waals surface area contributed by atoms with Crippen LogP contribution in [0.4, 0.5) is 0 Å². The minimum atomic E-state index is -1.34. The van der Waals surface area contributed by atoms with E-state index in [0.29, 0.717) is 12.0 Å². The Morgan fingerprint density at radius 2 is 1.57 bits per heavy atom. The Kier molecular flexibility index (Phi) is 5.57. The monoisotopic (exact) mass is 406 g/mol. The third kappa shape index (κ3) is 3.65. The zero-order chi connectivity index (χ0) is 22.5. The molecule has 0 amide bonds. The second kappa shape index (κ2) is 7.46. The first-order chi connectivity index (χ1) is 13.8. The number of fused-ring (bicyclic) bond motifs is 1. The van der Waals surface area contributed by atoms with E-state index in [9.17, 15) is 14.7 Å². The summed E-state index contributed by atoms with van der Waals surface area (Å²) in [6.45, 7) is 13.9. The van der Waals surface area contributed by atoms with E-state index in [-0.39, 0.29) is 28.3 Å². The van der Waals surface area contributed by atoms with Crippen LogP contribution in [0.3, 0.4) is 0 Å². The number of carbonyl (C=O) groups excluding carboxylic acids is 2. The normalized spacial score (nSPS) is 21.9. The Morgan fingerprint density at radius 3 is 2.10 bits per heavy atom. The summed E-state index contributed by atoms with van der Waals surface area (Å²) in [6, 6.07) is 13.8. The van der Waals surface area contributed by atoms with E-state index in [1.165, 1.54) is 11.1 Å². The molecular formula is C27H34O3. The third-order valence-corrected chi connectivity index (χ3v) is 6.91. The summed E-state index contributed by atoms with van der Waals surface area (Å²) in [5.74, 6) is -0.0944. The summed E-state index contributed by atoms with van der Waals surface area (Å²) in [7, 11) is 0. The lowest BCUT2D eigenvalue weighted by atomic mass is 9.74. The molecule has 3 nitrogen and oxygen atoms in total. The van der Waals surface area contributed by atoms with E-state index >= 15 is 0 Å². The van der Waals surface area contributed by atoms with E-state index in [4.69, 9.17) is 0 Å². The van der Waals surface area contributed by atoms with Crippen molar-refractivity contribution in [2.24, 2.45) is 5.92 Å². The fraction of sp³-hybridized carbons (Fsp3) is 0.481. The highest BCUT2D eigenvalue weighted by atomic mass is 16.3. The van der Waals surface area contributed by atoms with Crippen molar-refractivity contribution in [1.29, 1.82) is 0 Å². The van der Waals surface area contributed by atoms with Gasteiger partial charge >= 0.3 is 0 Å². The van der Waals surface area contributed by atoms with Crippen molar-refractivity contribution in [2.45, 2.75) is 77.7 Å². The van der Waals surface area contributed by atoms with Crippen molar-refractivity contribution >= 4 is 11.6 Å². The van der Waals surface area contributed by atoms with Gasteiger partial charge in [0.1, 0.15) is 5.60 Å². The average molecular weight is 407 g/mol. The molecule has 3 rings (SSSR count). The van der Waals surface area contributed by atoms with Crippen LogP contribution in [0, 0.1) is 5.92 Å². The Balaban J connectivity index is 2.02. The summed E-state index contributed by atoms with van der Waals surface area (Å²) in [5.41, 5.74) is 3.33. The predicted octanol–water partition coefficient (Wildman–Crippen LogP) is 5.86. The molecule has 1 aliphatic carbocycles. The molecule has 0 radical (unpaired) electrons. The smallest absolute Gasteiger partial charge is 0.194 e.